The molecule has 410 valence electrons. The molecule has 69 heavy (non-hydrogen) atoms. The van der Waals surface area contributed by atoms with Gasteiger partial charge in [-0.15, -0.1) is 0 Å². The van der Waals surface area contributed by atoms with Crippen LogP contribution in [0.5, 0.6) is 0 Å². The van der Waals surface area contributed by atoms with Gasteiger partial charge in [-0.1, -0.05) is 276 Å². The minimum atomic E-state index is -1.55. The Kier molecular flexibility index (Phi) is 48.2. The van der Waals surface area contributed by atoms with Gasteiger partial charge in [0, 0.05) is 6.42 Å². The van der Waals surface area contributed by atoms with Crippen molar-refractivity contribution in [3.8, 4) is 0 Å². The van der Waals surface area contributed by atoms with E-state index < -0.39 is 49.5 Å². The van der Waals surface area contributed by atoms with E-state index in [0.29, 0.717) is 12.8 Å². The summed E-state index contributed by atoms with van der Waals surface area (Å²) in [6.07, 6.45) is 55.5. The zero-order valence-electron chi connectivity index (χ0n) is 45.6. The average Bonchev–Trinajstić information content (AvgIpc) is 3.35. The summed E-state index contributed by atoms with van der Waals surface area (Å²) in [5.74, 6) is -0.149. The monoisotopic (exact) mass is 980 g/mol. The van der Waals surface area contributed by atoms with Gasteiger partial charge in [-0.2, -0.15) is 0 Å². The van der Waals surface area contributed by atoms with Crippen LogP contribution in [0.1, 0.15) is 309 Å². The third-order valence-electron chi connectivity index (χ3n) is 14.9. The van der Waals surface area contributed by atoms with E-state index in [1.54, 1.807) is 0 Å². The Morgan fingerprint density at radius 3 is 1.17 bits per heavy atom. The van der Waals surface area contributed by atoms with Gasteiger partial charge in [-0.25, -0.2) is 0 Å². The molecule has 0 aliphatic carbocycles. The Labute approximate surface area is 426 Å². The lowest BCUT2D eigenvalue weighted by molar-refractivity contribution is -0.302. The fourth-order valence-corrected chi connectivity index (χ4v) is 10.0. The fraction of sp³-hybridized carbons (Fsp3) is 0.950. The van der Waals surface area contributed by atoms with Gasteiger partial charge >= 0.3 is 0 Å². The van der Waals surface area contributed by atoms with Crippen molar-refractivity contribution in [2.45, 2.75) is 352 Å². The molecule has 0 aromatic carbocycles. The molecule has 7 unspecified atom stereocenters. The minimum absolute atomic E-state index is 0.137. The van der Waals surface area contributed by atoms with Crippen LogP contribution in [-0.4, -0.2) is 87.5 Å². The molecule has 1 heterocycles. The second kappa shape index (κ2) is 50.5. The van der Waals surface area contributed by atoms with E-state index in [1.165, 1.54) is 231 Å². The Balaban J connectivity index is 2.10. The number of ether oxygens (including phenoxy) is 2. The molecule has 0 bridgehead atoms. The van der Waals surface area contributed by atoms with Gasteiger partial charge < -0.3 is 40.3 Å². The van der Waals surface area contributed by atoms with Crippen LogP contribution in [0.4, 0.5) is 0 Å². The standard InChI is InChI=1S/C60H117NO8/c1-3-5-7-9-11-13-15-17-19-20-21-22-23-24-25-26-27-28-29-30-31-32-33-34-35-36-37-39-41-43-45-47-49-54(63)53(52-68-60-59(67)58(66)57(65)55(51-62)69-60)61-56(64)50-48-46-44-42-40-38-18-16-14-12-10-8-6-4-2/h16,18,53-55,57-60,62-63,65-67H,3-15,17,19-52H2,1-2H3,(H,61,64)/b18-16-. The maximum absolute atomic E-state index is 13.0. The molecule has 1 rings (SSSR count). The summed E-state index contributed by atoms with van der Waals surface area (Å²) in [6.45, 7) is 3.86. The molecule has 9 heteroatoms. The number of aliphatic hydroxyl groups is 5. The molecule has 9 nitrogen and oxygen atoms in total. The molecule has 1 amide bonds. The van der Waals surface area contributed by atoms with Gasteiger partial charge in [0.25, 0.3) is 0 Å². The van der Waals surface area contributed by atoms with E-state index in [4.69, 9.17) is 9.47 Å². The summed E-state index contributed by atoms with van der Waals surface area (Å²) in [6, 6.07) is -0.721. The molecule has 1 saturated heterocycles. The van der Waals surface area contributed by atoms with Crippen molar-refractivity contribution >= 4 is 5.91 Å². The molecule has 1 fully saturated rings. The van der Waals surface area contributed by atoms with Crippen LogP contribution in [-0.2, 0) is 14.3 Å². The third-order valence-corrected chi connectivity index (χ3v) is 14.9. The normalized spacial score (nSPS) is 19.4. The number of allylic oxidation sites excluding steroid dienone is 2. The maximum Gasteiger partial charge on any atom is 0.220 e. The summed E-state index contributed by atoms with van der Waals surface area (Å²) in [5, 5.41) is 54.6. The highest BCUT2D eigenvalue weighted by Crippen LogP contribution is 2.23. The number of carbonyl (C=O) groups is 1. The Morgan fingerprint density at radius 1 is 0.478 bits per heavy atom. The number of hydrogen-bond donors (Lipinski definition) is 6. The quantitative estimate of drug-likeness (QED) is 0.0261. The number of aliphatic hydroxyl groups excluding tert-OH is 5. The number of carbonyl (C=O) groups excluding carboxylic acids is 1. The van der Waals surface area contributed by atoms with E-state index in [2.05, 4.69) is 31.3 Å². The van der Waals surface area contributed by atoms with E-state index in [1.807, 2.05) is 0 Å². The fourth-order valence-electron chi connectivity index (χ4n) is 10.0. The molecule has 0 aromatic rings. The lowest BCUT2D eigenvalue weighted by Crippen LogP contribution is -2.60. The molecule has 0 spiro atoms. The Bertz CT molecular complexity index is 1090. The molecule has 1 aliphatic heterocycles. The predicted molar refractivity (Wildman–Crippen MR) is 291 cm³/mol. The SMILES string of the molecule is CCCCCCC/C=C\CCCCCCCC(=O)NC(COC1OC(CO)C(O)C(O)C1O)C(O)CCCCCCCCCCCCCCCCCCCCCCCCCCCCCCCCCC. The van der Waals surface area contributed by atoms with E-state index in [-0.39, 0.29) is 12.5 Å². The smallest absolute Gasteiger partial charge is 0.220 e. The van der Waals surface area contributed by atoms with E-state index >= 15 is 0 Å². The first-order chi connectivity index (χ1) is 33.8. The van der Waals surface area contributed by atoms with E-state index in [0.717, 1.165) is 51.4 Å². The number of unbranched alkanes of at least 4 members (excludes halogenated alkanes) is 41. The molecule has 0 saturated carbocycles. The van der Waals surface area contributed by atoms with Crippen LogP contribution >= 0.6 is 0 Å². The van der Waals surface area contributed by atoms with Crippen LogP contribution < -0.4 is 5.32 Å². The van der Waals surface area contributed by atoms with Gasteiger partial charge in [0.15, 0.2) is 6.29 Å². The summed E-state index contributed by atoms with van der Waals surface area (Å²) >= 11 is 0. The zero-order valence-corrected chi connectivity index (χ0v) is 45.6. The van der Waals surface area contributed by atoms with Crippen molar-refractivity contribution in [2.75, 3.05) is 13.2 Å². The largest absolute Gasteiger partial charge is 0.394 e. The highest BCUT2D eigenvalue weighted by molar-refractivity contribution is 5.76. The lowest BCUT2D eigenvalue weighted by atomic mass is 9.99. The van der Waals surface area contributed by atoms with Crippen molar-refractivity contribution in [1.82, 2.24) is 5.32 Å². The molecule has 1 aliphatic rings. The van der Waals surface area contributed by atoms with Crippen LogP contribution in [0.3, 0.4) is 0 Å². The summed E-state index contributed by atoms with van der Waals surface area (Å²) in [5.41, 5.74) is 0. The van der Waals surface area contributed by atoms with Gasteiger partial charge in [0.05, 0.1) is 25.4 Å². The lowest BCUT2D eigenvalue weighted by Gasteiger charge is -2.40. The highest BCUT2D eigenvalue weighted by atomic mass is 16.7. The van der Waals surface area contributed by atoms with Crippen LogP contribution in [0, 0.1) is 0 Å². The Hall–Kier alpha value is -1.07. The molecule has 0 aromatic heterocycles. The number of rotatable bonds is 53. The zero-order chi connectivity index (χ0) is 50.1. The first kappa shape index (κ1) is 65.9. The predicted octanol–water partition coefficient (Wildman–Crippen LogP) is 15.2. The first-order valence-corrected chi connectivity index (χ1v) is 30.4. The van der Waals surface area contributed by atoms with Crippen molar-refractivity contribution in [2.24, 2.45) is 0 Å². The molecule has 6 N–H and O–H groups in total. The first-order valence-electron chi connectivity index (χ1n) is 30.4. The minimum Gasteiger partial charge on any atom is -0.394 e. The van der Waals surface area contributed by atoms with Gasteiger partial charge in [0.1, 0.15) is 24.4 Å². The maximum atomic E-state index is 13.0. The number of hydrogen-bond acceptors (Lipinski definition) is 8. The van der Waals surface area contributed by atoms with Crippen LogP contribution in [0.2, 0.25) is 0 Å². The second-order valence-electron chi connectivity index (χ2n) is 21.5. The highest BCUT2D eigenvalue weighted by Gasteiger charge is 2.44. The van der Waals surface area contributed by atoms with Gasteiger partial charge in [0.2, 0.25) is 5.91 Å². The van der Waals surface area contributed by atoms with Crippen LogP contribution in [0.15, 0.2) is 12.2 Å². The third kappa shape index (κ3) is 40.1. The van der Waals surface area contributed by atoms with Gasteiger partial charge in [-0.3, -0.25) is 4.79 Å². The van der Waals surface area contributed by atoms with Crippen molar-refractivity contribution in [1.29, 1.82) is 0 Å². The number of nitrogens with one attached hydrogen (secondary N) is 1. The van der Waals surface area contributed by atoms with Gasteiger partial charge in [-0.05, 0) is 38.5 Å². The average molecular weight is 981 g/mol. The Morgan fingerprint density at radius 2 is 0.812 bits per heavy atom. The van der Waals surface area contributed by atoms with Crippen molar-refractivity contribution < 1.29 is 39.8 Å². The second-order valence-corrected chi connectivity index (χ2v) is 21.5. The van der Waals surface area contributed by atoms with Crippen molar-refractivity contribution in [3.05, 3.63) is 12.2 Å². The molecule has 0 radical (unpaired) electrons. The number of amides is 1. The van der Waals surface area contributed by atoms with Crippen LogP contribution in [0.25, 0.3) is 0 Å². The molecular formula is C60H117NO8. The topological polar surface area (TPSA) is 149 Å². The molecular weight excluding hydrogens is 863 g/mol. The summed E-state index contributed by atoms with van der Waals surface area (Å²) < 4.78 is 11.3. The van der Waals surface area contributed by atoms with Crippen molar-refractivity contribution in [3.63, 3.8) is 0 Å². The summed E-state index contributed by atoms with van der Waals surface area (Å²) in [4.78, 5) is 13.0. The van der Waals surface area contributed by atoms with E-state index in [9.17, 15) is 30.3 Å². The molecule has 7 atom stereocenters. The summed E-state index contributed by atoms with van der Waals surface area (Å²) in [7, 11) is 0.